The van der Waals surface area contributed by atoms with E-state index in [2.05, 4.69) is 10.6 Å². The molecule has 2 aliphatic carbocycles. The van der Waals surface area contributed by atoms with Gasteiger partial charge in [-0.05, 0) is 25.7 Å². The van der Waals surface area contributed by atoms with Crippen molar-refractivity contribution in [3.8, 4) is 0 Å². The van der Waals surface area contributed by atoms with Gasteiger partial charge in [-0.3, -0.25) is 4.79 Å². The number of carboxylic acids is 1. The molecule has 2 rings (SSSR count). The first-order valence-corrected chi connectivity index (χ1v) is 5.55. The second kappa shape index (κ2) is 4.15. The quantitative estimate of drug-likeness (QED) is 0.620. The molecule has 0 saturated heterocycles. The average molecular weight is 224 g/mol. The number of nitrogens with one attached hydrogen (secondary N) is 2. The number of urea groups is 1. The van der Waals surface area contributed by atoms with Crippen molar-refractivity contribution in [2.45, 2.75) is 31.7 Å². The van der Waals surface area contributed by atoms with Crippen LogP contribution in [-0.2, 0) is 4.79 Å². The van der Waals surface area contributed by atoms with Gasteiger partial charge in [0, 0.05) is 12.6 Å². The summed E-state index contributed by atoms with van der Waals surface area (Å²) < 4.78 is 0. The van der Waals surface area contributed by atoms with Gasteiger partial charge in [-0.25, -0.2) is 4.79 Å². The number of hydrogen-bond acceptors (Lipinski definition) is 2. The van der Waals surface area contributed by atoms with Gasteiger partial charge < -0.3 is 15.7 Å². The van der Waals surface area contributed by atoms with E-state index in [-0.39, 0.29) is 18.6 Å². The van der Waals surface area contributed by atoms with Crippen molar-refractivity contribution < 1.29 is 14.7 Å². The highest BCUT2D eigenvalue weighted by molar-refractivity contribution is 5.80. The molecule has 0 unspecified atom stereocenters. The van der Waals surface area contributed by atoms with E-state index in [0.717, 1.165) is 12.8 Å². The maximum Gasteiger partial charge on any atom is 0.315 e. The third kappa shape index (κ3) is 2.35. The highest BCUT2D eigenvalue weighted by Crippen LogP contribution is 2.45. The van der Waals surface area contributed by atoms with Gasteiger partial charge in [0.05, 0.1) is 5.41 Å². The number of aliphatic carboxylic acids is 1. The van der Waals surface area contributed by atoms with Crippen molar-refractivity contribution in [2.24, 2.45) is 5.41 Å². The Morgan fingerprint density at radius 1 is 1.31 bits per heavy atom. The highest BCUT2D eigenvalue weighted by Gasteiger charge is 2.50. The number of amides is 2. The molecule has 0 bridgehead atoms. The number of carboxylic acid groups (broad SMARTS) is 1. The van der Waals surface area contributed by atoms with Gasteiger partial charge >= 0.3 is 12.0 Å². The number of carbonyl (C=O) groups excluding carboxylic acids is 1. The van der Waals surface area contributed by atoms with Crippen LogP contribution in [0.2, 0.25) is 0 Å². The molecule has 0 aromatic carbocycles. The van der Waals surface area contributed by atoms with E-state index in [9.17, 15) is 9.59 Å². The van der Waals surface area contributed by atoms with Gasteiger partial charge in [0.1, 0.15) is 0 Å². The Labute approximate surface area is 93.9 Å². The third-order valence-electron chi connectivity index (χ3n) is 3.24. The van der Waals surface area contributed by atoms with E-state index in [1.165, 1.54) is 0 Å². The first-order chi connectivity index (χ1) is 7.62. The molecule has 0 aliphatic heterocycles. The molecule has 1 fully saturated rings. The van der Waals surface area contributed by atoms with E-state index in [1.54, 1.807) is 0 Å². The Kier molecular flexibility index (Phi) is 2.85. The van der Waals surface area contributed by atoms with Crippen LogP contribution in [0.1, 0.15) is 25.7 Å². The van der Waals surface area contributed by atoms with Crippen LogP contribution in [0.3, 0.4) is 0 Å². The molecular formula is C11H16N2O3. The van der Waals surface area contributed by atoms with Crippen LogP contribution in [0.5, 0.6) is 0 Å². The minimum Gasteiger partial charge on any atom is -0.481 e. The molecule has 3 N–H and O–H groups in total. The fourth-order valence-corrected chi connectivity index (χ4v) is 1.84. The molecule has 1 saturated carbocycles. The van der Waals surface area contributed by atoms with E-state index >= 15 is 0 Å². The predicted octanol–water partition coefficient (Wildman–Crippen LogP) is 0.869. The molecule has 2 aliphatic rings. The van der Waals surface area contributed by atoms with Crippen LogP contribution in [-0.4, -0.2) is 29.7 Å². The lowest BCUT2D eigenvalue weighted by molar-refractivity contribution is -0.143. The molecule has 0 aromatic rings. The summed E-state index contributed by atoms with van der Waals surface area (Å²) in [6.07, 6.45) is 7.10. The first-order valence-electron chi connectivity index (χ1n) is 5.55. The van der Waals surface area contributed by atoms with E-state index in [1.807, 2.05) is 12.2 Å². The summed E-state index contributed by atoms with van der Waals surface area (Å²) >= 11 is 0. The predicted molar refractivity (Wildman–Crippen MR) is 58.0 cm³/mol. The van der Waals surface area contributed by atoms with Crippen molar-refractivity contribution >= 4 is 12.0 Å². The maximum absolute atomic E-state index is 11.5. The third-order valence-corrected chi connectivity index (χ3v) is 3.24. The van der Waals surface area contributed by atoms with Gasteiger partial charge in [-0.15, -0.1) is 0 Å². The molecular weight excluding hydrogens is 208 g/mol. The van der Waals surface area contributed by atoms with Gasteiger partial charge in [-0.2, -0.15) is 0 Å². The molecule has 0 atom stereocenters. The zero-order valence-corrected chi connectivity index (χ0v) is 9.03. The fourth-order valence-electron chi connectivity index (χ4n) is 1.84. The summed E-state index contributed by atoms with van der Waals surface area (Å²) in [5.41, 5.74) is -0.689. The summed E-state index contributed by atoms with van der Waals surface area (Å²) in [7, 11) is 0. The van der Waals surface area contributed by atoms with Crippen molar-refractivity contribution in [2.75, 3.05) is 6.54 Å². The minimum atomic E-state index is -0.810. The standard InChI is InChI=1S/C11H16N2O3/c14-9(15)11(5-6-11)7-12-10(16)13-8-3-1-2-4-8/h1-2,8H,3-7H2,(H,14,15)(H2,12,13,16). The highest BCUT2D eigenvalue weighted by atomic mass is 16.4. The lowest BCUT2D eigenvalue weighted by atomic mass is 10.1. The molecule has 2 amide bonds. The molecule has 0 aromatic heterocycles. The van der Waals surface area contributed by atoms with Crippen molar-refractivity contribution in [3.05, 3.63) is 12.2 Å². The van der Waals surface area contributed by atoms with Gasteiger partial charge in [-0.1, -0.05) is 12.2 Å². The van der Waals surface area contributed by atoms with Crippen molar-refractivity contribution in [1.29, 1.82) is 0 Å². The number of carbonyl (C=O) groups is 2. The zero-order valence-electron chi connectivity index (χ0n) is 9.03. The van der Waals surface area contributed by atoms with Crippen molar-refractivity contribution in [3.63, 3.8) is 0 Å². The first kappa shape index (κ1) is 11.0. The molecule has 0 radical (unpaired) electrons. The SMILES string of the molecule is O=C(NCC1(C(=O)O)CC1)NC1CC=CC1. The van der Waals surface area contributed by atoms with E-state index < -0.39 is 11.4 Å². The monoisotopic (exact) mass is 224 g/mol. The van der Waals surface area contributed by atoms with Crippen LogP contribution < -0.4 is 10.6 Å². The summed E-state index contributed by atoms with van der Waals surface area (Å²) in [5.74, 6) is -0.810. The second-order valence-electron chi connectivity index (χ2n) is 4.55. The van der Waals surface area contributed by atoms with Crippen LogP contribution in [0.15, 0.2) is 12.2 Å². The Balaban J connectivity index is 1.70. The van der Waals surface area contributed by atoms with Crippen LogP contribution >= 0.6 is 0 Å². The van der Waals surface area contributed by atoms with Gasteiger partial charge in [0.2, 0.25) is 0 Å². The lowest BCUT2D eigenvalue weighted by Gasteiger charge is -2.15. The van der Waals surface area contributed by atoms with E-state index in [4.69, 9.17) is 5.11 Å². The van der Waals surface area contributed by atoms with Crippen LogP contribution in [0.4, 0.5) is 4.79 Å². The average Bonchev–Trinajstić information content (AvgIpc) is 2.88. The lowest BCUT2D eigenvalue weighted by Crippen LogP contribution is -2.44. The molecule has 5 heteroatoms. The zero-order chi connectivity index (χ0) is 11.6. The second-order valence-corrected chi connectivity index (χ2v) is 4.55. The van der Waals surface area contributed by atoms with Crippen LogP contribution in [0.25, 0.3) is 0 Å². The smallest absolute Gasteiger partial charge is 0.315 e. The molecule has 0 spiro atoms. The topological polar surface area (TPSA) is 78.4 Å². The number of hydrogen-bond donors (Lipinski definition) is 3. The summed E-state index contributed by atoms with van der Waals surface area (Å²) in [6.45, 7) is 0.230. The molecule has 88 valence electrons. The Morgan fingerprint density at radius 3 is 2.44 bits per heavy atom. The molecule has 0 heterocycles. The van der Waals surface area contributed by atoms with E-state index in [0.29, 0.717) is 12.8 Å². The Bertz CT molecular complexity index is 326. The largest absolute Gasteiger partial charge is 0.481 e. The maximum atomic E-state index is 11.5. The Hall–Kier alpha value is -1.52. The van der Waals surface area contributed by atoms with Gasteiger partial charge in [0.15, 0.2) is 0 Å². The fraction of sp³-hybridized carbons (Fsp3) is 0.636. The molecule has 16 heavy (non-hydrogen) atoms. The van der Waals surface area contributed by atoms with Gasteiger partial charge in [0.25, 0.3) is 0 Å². The normalized spacial score (nSPS) is 21.8. The van der Waals surface area contributed by atoms with Crippen molar-refractivity contribution in [1.82, 2.24) is 10.6 Å². The van der Waals surface area contributed by atoms with Crippen LogP contribution in [0, 0.1) is 5.41 Å². The Morgan fingerprint density at radius 2 is 1.94 bits per heavy atom. The number of rotatable bonds is 4. The summed E-state index contributed by atoms with van der Waals surface area (Å²) in [4.78, 5) is 22.3. The molecule has 5 nitrogen and oxygen atoms in total. The summed E-state index contributed by atoms with van der Waals surface area (Å²) in [5, 5.41) is 14.4. The summed E-state index contributed by atoms with van der Waals surface area (Å²) in [6, 6.07) is -0.0961. The minimum absolute atomic E-state index is 0.167.